The van der Waals surface area contributed by atoms with E-state index in [1.54, 1.807) is 28.9 Å². The van der Waals surface area contributed by atoms with Gasteiger partial charge in [0.25, 0.3) is 11.8 Å². The predicted octanol–water partition coefficient (Wildman–Crippen LogP) is 3.49. The lowest BCUT2D eigenvalue weighted by Gasteiger charge is -2.12. The van der Waals surface area contributed by atoms with Crippen LogP contribution in [0.15, 0.2) is 60.7 Å². The van der Waals surface area contributed by atoms with E-state index in [1.165, 1.54) is 0 Å². The Morgan fingerprint density at radius 1 is 0.897 bits per heavy atom. The first-order valence-corrected chi connectivity index (χ1v) is 9.44. The number of ether oxygens (including phenoxy) is 1. The molecule has 1 aromatic heterocycles. The smallest absolute Gasteiger partial charge is 0.270 e. The quantitative estimate of drug-likeness (QED) is 0.648. The largest absolute Gasteiger partial charge is 0.484 e. The van der Waals surface area contributed by atoms with Crippen molar-refractivity contribution < 1.29 is 14.3 Å². The minimum absolute atomic E-state index is 0.0841. The monoisotopic (exact) mass is 391 g/mol. The molecule has 0 aliphatic rings. The number of nitrogens with zero attached hydrogens (tertiary/aromatic N) is 1. The Morgan fingerprint density at radius 3 is 2.21 bits per heavy atom. The molecule has 1 heterocycles. The zero-order valence-electron chi connectivity index (χ0n) is 16.9. The molecule has 0 fully saturated rings. The standard InChI is InChI=1S/C23H25N3O3/c1-16-6-4-5-7-20(16)14-24-22(27)15-29-21-12-10-19(11-13-21)23(28)25-26-17(2)8-9-18(26)3/h4-13H,14-15H2,1-3H3,(H,24,27)(H,25,28). The SMILES string of the molecule is Cc1ccccc1CNC(=O)COc1ccc(C(=O)Nn2c(C)ccc2C)cc1. The van der Waals surface area contributed by atoms with Crippen LogP contribution in [0, 0.1) is 20.8 Å². The number of nitrogens with one attached hydrogen (secondary N) is 2. The van der Waals surface area contributed by atoms with Gasteiger partial charge in [0.2, 0.25) is 0 Å². The fourth-order valence-corrected chi connectivity index (χ4v) is 2.92. The van der Waals surface area contributed by atoms with Crippen LogP contribution in [0.1, 0.15) is 32.9 Å². The summed E-state index contributed by atoms with van der Waals surface area (Å²) >= 11 is 0. The lowest BCUT2D eigenvalue weighted by Crippen LogP contribution is -2.28. The number of aryl methyl sites for hydroxylation is 3. The topological polar surface area (TPSA) is 72.4 Å². The normalized spacial score (nSPS) is 10.4. The van der Waals surface area contributed by atoms with Crippen molar-refractivity contribution in [3.05, 3.63) is 88.7 Å². The molecule has 0 aliphatic heterocycles. The predicted molar refractivity (Wildman–Crippen MR) is 113 cm³/mol. The van der Waals surface area contributed by atoms with E-state index in [-0.39, 0.29) is 18.4 Å². The molecular formula is C23H25N3O3. The number of aromatic nitrogens is 1. The fourth-order valence-electron chi connectivity index (χ4n) is 2.92. The highest BCUT2D eigenvalue weighted by Crippen LogP contribution is 2.13. The number of rotatable bonds is 7. The van der Waals surface area contributed by atoms with E-state index in [1.807, 2.05) is 57.2 Å². The number of carbonyl (C=O) groups is 2. The van der Waals surface area contributed by atoms with E-state index in [9.17, 15) is 9.59 Å². The molecule has 3 aromatic rings. The molecule has 0 spiro atoms. The van der Waals surface area contributed by atoms with Crippen LogP contribution in [0.25, 0.3) is 0 Å². The molecule has 2 amide bonds. The van der Waals surface area contributed by atoms with Crippen molar-refractivity contribution in [3.8, 4) is 5.75 Å². The molecule has 0 unspecified atom stereocenters. The highest BCUT2D eigenvalue weighted by atomic mass is 16.5. The molecule has 3 rings (SSSR count). The van der Waals surface area contributed by atoms with E-state index in [2.05, 4.69) is 10.7 Å². The number of hydrogen-bond acceptors (Lipinski definition) is 3. The molecular weight excluding hydrogens is 366 g/mol. The molecule has 2 aromatic carbocycles. The zero-order valence-corrected chi connectivity index (χ0v) is 16.9. The van der Waals surface area contributed by atoms with Gasteiger partial charge in [0, 0.05) is 23.5 Å². The van der Waals surface area contributed by atoms with Crippen LogP contribution < -0.4 is 15.5 Å². The molecule has 0 aliphatic carbocycles. The Labute approximate surface area is 170 Å². The summed E-state index contributed by atoms with van der Waals surface area (Å²) in [5, 5.41) is 2.84. The number of hydrogen-bond donors (Lipinski definition) is 2. The van der Waals surface area contributed by atoms with Crippen molar-refractivity contribution in [1.29, 1.82) is 0 Å². The van der Waals surface area contributed by atoms with Crippen LogP contribution in [0.3, 0.4) is 0 Å². The first-order valence-electron chi connectivity index (χ1n) is 9.44. The van der Waals surface area contributed by atoms with Crippen molar-refractivity contribution in [1.82, 2.24) is 9.99 Å². The van der Waals surface area contributed by atoms with Crippen molar-refractivity contribution in [2.24, 2.45) is 0 Å². The molecule has 6 nitrogen and oxygen atoms in total. The van der Waals surface area contributed by atoms with Crippen molar-refractivity contribution in [2.45, 2.75) is 27.3 Å². The minimum Gasteiger partial charge on any atom is -0.484 e. The molecule has 0 bridgehead atoms. The lowest BCUT2D eigenvalue weighted by molar-refractivity contribution is -0.123. The third-order valence-electron chi connectivity index (χ3n) is 4.71. The Kier molecular flexibility index (Phi) is 6.34. The van der Waals surface area contributed by atoms with Gasteiger partial charge in [0.15, 0.2) is 6.61 Å². The van der Waals surface area contributed by atoms with Crippen LogP contribution in [0.4, 0.5) is 0 Å². The number of carbonyl (C=O) groups excluding carboxylic acids is 2. The average Bonchev–Trinajstić information content (AvgIpc) is 3.04. The Morgan fingerprint density at radius 2 is 1.55 bits per heavy atom. The van der Waals surface area contributed by atoms with E-state index < -0.39 is 0 Å². The maximum Gasteiger partial charge on any atom is 0.270 e. The van der Waals surface area contributed by atoms with E-state index >= 15 is 0 Å². The molecule has 150 valence electrons. The Balaban J connectivity index is 1.49. The highest BCUT2D eigenvalue weighted by molar-refractivity contribution is 6.00. The van der Waals surface area contributed by atoms with Crippen molar-refractivity contribution >= 4 is 11.8 Å². The maximum absolute atomic E-state index is 12.4. The van der Waals surface area contributed by atoms with Gasteiger partial charge >= 0.3 is 0 Å². The van der Waals surface area contributed by atoms with Crippen LogP contribution >= 0.6 is 0 Å². The summed E-state index contributed by atoms with van der Waals surface area (Å²) in [7, 11) is 0. The maximum atomic E-state index is 12.4. The average molecular weight is 391 g/mol. The van der Waals surface area contributed by atoms with Crippen molar-refractivity contribution in [2.75, 3.05) is 12.0 Å². The third kappa shape index (κ3) is 5.25. The molecule has 0 atom stereocenters. The molecule has 2 N–H and O–H groups in total. The van der Waals surface area contributed by atoms with Gasteiger partial charge in [-0.05, 0) is 68.3 Å². The summed E-state index contributed by atoms with van der Waals surface area (Å²) in [6.07, 6.45) is 0. The summed E-state index contributed by atoms with van der Waals surface area (Å²) in [6.45, 7) is 6.24. The highest BCUT2D eigenvalue weighted by Gasteiger charge is 2.10. The van der Waals surface area contributed by atoms with Crippen LogP contribution in [-0.4, -0.2) is 23.1 Å². The van der Waals surface area contributed by atoms with E-state index in [0.29, 0.717) is 17.9 Å². The molecule has 0 saturated carbocycles. The summed E-state index contributed by atoms with van der Waals surface area (Å²) in [5.41, 5.74) is 7.47. The number of amides is 2. The molecule has 29 heavy (non-hydrogen) atoms. The lowest BCUT2D eigenvalue weighted by atomic mass is 10.1. The Hall–Kier alpha value is -3.54. The summed E-state index contributed by atoms with van der Waals surface area (Å²) in [6, 6.07) is 18.5. The molecule has 0 radical (unpaired) electrons. The second-order valence-electron chi connectivity index (χ2n) is 6.91. The summed E-state index contributed by atoms with van der Waals surface area (Å²) < 4.78 is 7.26. The van der Waals surface area contributed by atoms with Crippen LogP contribution in [0.5, 0.6) is 5.75 Å². The molecule has 6 heteroatoms. The zero-order chi connectivity index (χ0) is 20.8. The van der Waals surface area contributed by atoms with Gasteiger partial charge in [-0.25, -0.2) is 0 Å². The van der Waals surface area contributed by atoms with Gasteiger partial charge in [-0.2, -0.15) is 0 Å². The number of benzene rings is 2. The van der Waals surface area contributed by atoms with Gasteiger partial charge in [0.05, 0.1) is 0 Å². The molecule has 0 saturated heterocycles. The van der Waals surface area contributed by atoms with Crippen LogP contribution in [0.2, 0.25) is 0 Å². The van der Waals surface area contributed by atoms with E-state index in [4.69, 9.17) is 4.74 Å². The first-order chi connectivity index (χ1) is 13.9. The van der Waals surface area contributed by atoms with E-state index in [0.717, 1.165) is 22.5 Å². The second kappa shape index (κ2) is 9.10. The van der Waals surface area contributed by atoms with Gasteiger partial charge < -0.3 is 10.1 Å². The third-order valence-corrected chi connectivity index (χ3v) is 4.71. The van der Waals surface area contributed by atoms with Gasteiger partial charge in [-0.15, -0.1) is 0 Å². The van der Waals surface area contributed by atoms with Crippen molar-refractivity contribution in [3.63, 3.8) is 0 Å². The first kappa shape index (κ1) is 20.2. The summed E-state index contributed by atoms with van der Waals surface area (Å²) in [5.74, 6) is 0.115. The fraction of sp³-hybridized carbons (Fsp3) is 0.217. The van der Waals surface area contributed by atoms with Gasteiger partial charge in [-0.1, -0.05) is 24.3 Å². The minimum atomic E-state index is -0.213. The Bertz CT molecular complexity index is 987. The van der Waals surface area contributed by atoms with Crippen LogP contribution in [-0.2, 0) is 11.3 Å². The van der Waals surface area contributed by atoms with Gasteiger partial charge in [0.1, 0.15) is 5.75 Å². The van der Waals surface area contributed by atoms with Gasteiger partial charge in [-0.3, -0.25) is 19.7 Å². The second-order valence-corrected chi connectivity index (χ2v) is 6.91. The summed E-state index contributed by atoms with van der Waals surface area (Å²) in [4.78, 5) is 24.4.